The Balaban J connectivity index is 1.82. The van der Waals surface area contributed by atoms with Gasteiger partial charge in [-0.1, -0.05) is 0 Å². The molecule has 2 N–H and O–H groups in total. The first kappa shape index (κ1) is 12.1. The molecule has 0 aliphatic carbocycles. The lowest BCUT2D eigenvalue weighted by Crippen LogP contribution is -2.48. The molecule has 0 atom stereocenters. The van der Waals surface area contributed by atoms with E-state index in [2.05, 4.69) is 20.7 Å². The van der Waals surface area contributed by atoms with Crippen LogP contribution in [0.1, 0.15) is 21.7 Å². The van der Waals surface area contributed by atoms with Crippen LogP contribution in [0.4, 0.5) is 0 Å². The highest BCUT2D eigenvalue weighted by atomic mass is 16.1. The summed E-state index contributed by atoms with van der Waals surface area (Å²) < 4.78 is 1.72. The number of fused-ring (bicyclic) bond motifs is 1. The first-order chi connectivity index (χ1) is 9.15. The number of rotatable bonds is 3. The molecule has 1 aliphatic rings. The van der Waals surface area contributed by atoms with Crippen molar-refractivity contribution in [3.8, 4) is 0 Å². The average Bonchev–Trinajstić information content (AvgIpc) is 2.69. The topological polar surface area (TPSA) is 71.3 Å². The molecule has 0 unspecified atom stereocenters. The molecule has 6 nitrogen and oxygen atoms in total. The van der Waals surface area contributed by atoms with E-state index in [0.29, 0.717) is 18.0 Å². The Labute approximate surface area is 111 Å². The fraction of sp³-hybridized carbons (Fsp3) is 0.462. The quantitative estimate of drug-likeness (QED) is 0.831. The van der Waals surface area contributed by atoms with Gasteiger partial charge in [0.1, 0.15) is 0 Å². The first-order valence-corrected chi connectivity index (χ1v) is 6.46. The summed E-state index contributed by atoms with van der Waals surface area (Å²) in [6.07, 6.45) is 1.63. The van der Waals surface area contributed by atoms with Gasteiger partial charge in [-0.15, -0.1) is 0 Å². The molecule has 1 amide bonds. The number of carbonyl (C=O) groups is 1. The highest BCUT2D eigenvalue weighted by Gasteiger charge is 2.19. The number of amides is 1. The van der Waals surface area contributed by atoms with Gasteiger partial charge < -0.3 is 10.6 Å². The molecule has 2 aromatic heterocycles. The minimum atomic E-state index is -0.0769. The number of nitrogens with one attached hydrogen (secondary N) is 2. The largest absolute Gasteiger partial charge is 0.352 e. The summed E-state index contributed by atoms with van der Waals surface area (Å²) in [7, 11) is 0. The lowest BCUT2D eigenvalue weighted by Gasteiger charge is -2.27. The SMILES string of the molecule is Cc1cc2ncc(C(=O)NCC3CNC3)c(C)n2n1. The molecular formula is C13H17N5O. The molecule has 2 aromatic rings. The summed E-state index contributed by atoms with van der Waals surface area (Å²) in [5.41, 5.74) is 3.08. The molecule has 3 heterocycles. The molecule has 1 saturated heterocycles. The van der Waals surface area contributed by atoms with E-state index in [1.165, 1.54) is 0 Å². The molecule has 0 spiro atoms. The smallest absolute Gasteiger partial charge is 0.254 e. The van der Waals surface area contributed by atoms with Crippen molar-refractivity contribution in [2.75, 3.05) is 19.6 Å². The molecule has 0 radical (unpaired) electrons. The van der Waals surface area contributed by atoms with Crippen LogP contribution in [0, 0.1) is 19.8 Å². The van der Waals surface area contributed by atoms with E-state index in [9.17, 15) is 4.79 Å². The number of aromatic nitrogens is 3. The number of aryl methyl sites for hydroxylation is 2. The van der Waals surface area contributed by atoms with Crippen molar-refractivity contribution in [1.82, 2.24) is 25.2 Å². The third kappa shape index (κ3) is 2.19. The minimum Gasteiger partial charge on any atom is -0.352 e. The number of carbonyl (C=O) groups excluding carboxylic acids is 1. The van der Waals surface area contributed by atoms with Gasteiger partial charge in [0.15, 0.2) is 5.65 Å². The van der Waals surface area contributed by atoms with E-state index in [0.717, 1.165) is 30.1 Å². The second-order valence-electron chi connectivity index (χ2n) is 5.05. The van der Waals surface area contributed by atoms with Crippen LogP contribution in [0.25, 0.3) is 5.65 Å². The Morgan fingerprint density at radius 3 is 3.00 bits per heavy atom. The van der Waals surface area contributed by atoms with E-state index < -0.39 is 0 Å². The number of nitrogens with zero attached hydrogens (tertiary/aromatic N) is 3. The van der Waals surface area contributed by atoms with Gasteiger partial charge in [0.25, 0.3) is 5.91 Å². The summed E-state index contributed by atoms with van der Waals surface area (Å²) in [5.74, 6) is 0.472. The van der Waals surface area contributed by atoms with Crippen LogP contribution in [-0.4, -0.2) is 40.1 Å². The zero-order valence-electron chi connectivity index (χ0n) is 11.1. The second-order valence-corrected chi connectivity index (χ2v) is 5.05. The fourth-order valence-corrected chi connectivity index (χ4v) is 2.21. The summed E-state index contributed by atoms with van der Waals surface area (Å²) in [5, 5.41) is 10.5. The molecule has 0 aromatic carbocycles. The van der Waals surface area contributed by atoms with Crippen molar-refractivity contribution in [1.29, 1.82) is 0 Å². The Kier molecular flexibility index (Phi) is 2.94. The summed E-state index contributed by atoms with van der Waals surface area (Å²) in [6, 6.07) is 1.90. The molecule has 1 fully saturated rings. The zero-order chi connectivity index (χ0) is 13.4. The normalized spacial score (nSPS) is 15.5. The van der Waals surface area contributed by atoms with Gasteiger partial charge in [0, 0.05) is 37.8 Å². The van der Waals surface area contributed by atoms with E-state index in [1.807, 2.05) is 19.9 Å². The lowest BCUT2D eigenvalue weighted by molar-refractivity contribution is 0.0940. The zero-order valence-corrected chi connectivity index (χ0v) is 11.1. The summed E-state index contributed by atoms with van der Waals surface area (Å²) >= 11 is 0. The highest BCUT2D eigenvalue weighted by molar-refractivity contribution is 5.95. The lowest BCUT2D eigenvalue weighted by atomic mass is 10.0. The van der Waals surface area contributed by atoms with Crippen molar-refractivity contribution >= 4 is 11.6 Å². The van der Waals surface area contributed by atoms with Crippen LogP contribution in [0.3, 0.4) is 0 Å². The van der Waals surface area contributed by atoms with Gasteiger partial charge in [-0.05, 0) is 13.8 Å². The Bertz CT molecular complexity index is 629. The monoisotopic (exact) mass is 259 g/mol. The van der Waals surface area contributed by atoms with Crippen LogP contribution in [0.5, 0.6) is 0 Å². The standard InChI is InChI=1S/C13H17N5O/c1-8-3-12-15-7-11(9(2)18(12)17-8)13(19)16-6-10-4-14-5-10/h3,7,10,14H,4-6H2,1-2H3,(H,16,19). The number of hydrogen-bond acceptors (Lipinski definition) is 4. The van der Waals surface area contributed by atoms with Crippen LogP contribution >= 0.6 is 0 Å². The van der Waals surface area contributed by atoms with Gasteiger partial charge in [-0.25, -0.2) is 9.50 Å². The predicted octanol–water partition coefficient (Wildman–Crippen LogP) is 0.295. The fourth-order valence-electron chi connectivity index (χ4n) is 2.21. The molecule has 0 saturated carbocycles. The molecule has 19 heavy (non-hydrogen) atoms. The second kappa shape index (κ2) is 4.62. The minimum absolute atomic E-state index is 0.0769. The van der Waals surface area contributed by atoms with Crippen LogP contribution in [-0.2, 0) is 0 Å². The van der Waals surface area contributed by atoms with Gasteiger partial charge in [0.2, 0.25) is 0 Å². The molecule has 3 rings (SSSR count). The summed E-state index contributed by atoms with van der Waals surface area (Å²) in [4.78, 5) is 16.4. The highest BCUT2D eigenvalue weighted by Crippen LogP contribution is 2.11. The van der Waals surface area contributed by atoms with Gasteiger partial charge in [-0.2, -0.15) is 5.10 Å². The summed E-state index contributed by atoms with van der Waals surface area (Å²) in [6.45, 7) is 6.48. The Hall–Kier alpha value is -1.95. The van der Waals surface area contributed by atoms with E-state index in [4.69, 9.17) is 0 Å². The van der Waals surface area contributed by atoms with Crippen molar-refractivity contribution in [3.05, 3.63) is 29.2 Å². The van der Waals surface area contributed by atoms with E-state index in [1.54, 1.807) is 10.7 Å². The third-order valence-corrected chi connectivity index (χ3v) is 3.51. The van der Waals surface area contributed by atoms with Crippen LogP contribution in [0.2, 0.25) is 0 Å². The Morgan fingerprint density at radius 2 is 2.32 bits per heavy atom. The molecule has 100 valence electrons. The number of hydrogen-bond donors (Lipinski definition) is 2. The predicted molar refractivity (Wildman–Crippen MR) is 71.2 cm³/mol. The molecule has 6 heteroatoms. The van der Waals surface area contributed by atoms with Crippen LogP contribution in [0.15, 0.2) is 12.3 Å². The average molecular weight is 259 g/mol. The van der Waals surface area contributed by atoms with Crippen molar-refractivity contribution in [3.63, 3.8) is 0 Å². The van der Waals surface area contributed by atoms with Crippen molar-refractivity contribution in [2.24, 2.45) is 5.92 Å². The van der Waals surface area contributed by atoms with Crippen molar-refractivity contribution < 1.29 is 4.79 Å². The maximum atomic E-state index is 12.1. The van der Waals surface area contributed by atoms with E-state index in [-0.39, 0.29) is 5.91 Å². The Morgan fingerprint density at radius 1 is 1.53 bits per heavy atom. The van der Waals surface area contributed by atoms with Gasteiger partial charge in [0.05, 0.1) is 17.0 Å². The maximum Gasteiger partial charge on any atom is 0.254 e. The first-order valence-electron chi connectivity index (χ1n) is 6.46. The molecular weight excluding hydrogens is 242 g/mol. The van der Waals surface area contributed by atoms with Gasteiger partial charge >= 0.3 is 0 Å². The third-order valence-electron chi connectivity index (χ3n) is 3.51. The van der Waals surface area contributed by atoms with Crippen LogP contribution < -0.4 is 10.6 Å². The maximum absolute atomic E-state index is 12.1. The molecule has 1 aliphatic heterocycles. The van der Waals surface area contributed by atoms with E-state index >= 15 is 0 Å². The van der Waals surface area contributed by atoms with Gasteiger partial charge in [-0.3, -0.25) is 4.79 Å². The molecule has 0 bridgehead atoms. The van der Waals surface area contributed by atoms with Crippen molar-refractivity contribution in [2.45, 2.75) is 13.8 Å².